The van der Waals surface area contributed by atoms with Crippen LogP contribution in [0.25, 0.3) is 94.6 Å². The minimum Gasteiger partial charge on any atom is -0.455 e. The number of hydrogen-bond acceptors (Lipinski definition) is 5. The summed E-state index contributed by atoms with van der Waals surface area (Å²) in [5.41, 5.74) is 11.0. The fourth-order valence-electron chi connectivity index (χ4n) is 8.07. The van der Waals surface area contributed by atoms with Crippen LogP contribution in [0.2, 0.25) is 0 Å². The van der Waals surface area contributed by atoms with Crippen LogP contribution in [0, 0.1) is 0 Å². The molecule has 0 spiro atoms. The summed E-state index contributed by atoms with van der Waals surface area (Å²) in [6.45, 7) is 0. The summed E-state index contributed by atoms with van der Waals surface area (Å²) < 4.78 is 8.90. The summed E-state index contributed by atoms with van der Waals surface area (Å²) in [4.78, 5) is 20.5. The fraction of sp³-hybridized carbons (Fsp3) is 0.0196. The van der Waals surface area contributed by atoms with E-state index in [2.05, 4.69) is 108 Å². The molecular weight excluding hydrogens is 699 g/mol. The Bertz CT molecular complexity index is 3200. The van der Waals surface area contributed by atoms with Gasteiger partial charge in [0.05, 0.1) is 16.4 Å². The van der Waals surface area contributed by atoms with Gasteiger partial charge < -0.3 is 4.42 Å². The largest absolute Gasteiger partial charge is 0.455 e. The zero-order chi connectivity index (χ0) is 37.7. The van der Waals surface area contributed by atoms with Gasteiger partial charge in [0.15, 0.2) is 11.6 Å². The van der Waals surface area contributed by atoms with E-state index < -0.39 is 0 Å². The van der Waals surface area contributed by atoms with Crippen molar-refractivity contribution in [3.63, 3.8) is 0 Å². The van der Waals surface area contributed by atoms with Gasteiger partial charge in [-0.25, -0.2) is 19.9 Å². The molecule has 11 aromatic rings. The number of pyridine rings is 1. The molecule has 0 atom stereocenters. The molecule has 0 aliphatic heterocycles. The minimum atomic E-state index is 0.414. The lowest BCUT2D eigenvalue weighted by atomic mass is 9.98. The van der Waals surface area contributed by atoms with Gasteiger partial charge >= 0.3 is 0 Å². The van der Waals surface area contributed by atoms with E-state index in [-0.39, 0.29) is 0 Å². The summed E-state index contributed by atoms with van der Waals surface area (Å²) in [6.07, 6.45) is 2.40. The highest BCUT2D eigenvalue weighted by atomic mass is 16.3. The second-order valence-corrected chi connectivity index (χ2v) is 14.2. The number of nitrogens with zero attached hydrogens (tertiary/aromatic N) is 5. The highest BCUT2D eigenvalue weighted by Crippen LogP contribution is 2.41. The molecule has 11 rings (SSSR count). The predicted molar refractivity (Wildman–Crippen MR) is 230 cm³/mol. The summed E-state index contributed by atoms with van der Waals surface area (Å²) in [5.74, 6) is 2.72. The van der Waals surface area contributed by atoms with Crippen LogP contribution in [-0.4, -0.2) is 24.5 Å². The molecule has 0 saturated heterocycles. The van der Waals surface area contributed by atoms with Crippen LogP contribution in [0.1, 0.15) is 11.4 Å². The molecule has 4 heterocycles. The molecule has 6 nitrogen and oxygen atoms in total. The lowest BCUT2D eigenvalue weighted by Crippen LogP contribution is -2.08. The second-order valence-electron chi connectivity index (χ2n) is 14.2. The first-order valence-corrected chi connectivity index (χ1v) is 19.1. The quantitative estimate of drug-likeness (QED) is 0.163. The van der Waals surface area contributed by atoms with Gasteiger partial charge in [-0.3, -0.25) is 4.57 Å². The number of furan rings is 1. The van der Waals surface area contributed by atoms with Crippen molar-refractivity contribution in [3.05, 3.63) is 200 Å². The number of para-hydroxylation sites is 2. The van der Waals surface area contributed by atoms with Crippen LogP contribution in [0.5, 0.6) is 0 Å². The number of aromatic nitrogens is 5. The van der Waals surface area contributed by atoms with Crippen molar-refractivity contribution < 1.29 is 4.42 Å². The first-order chi connectivity index (χ1) is 28.2. The van der Waals surface area contributed by atoms with Crippen LogP contribution in [0.15, 0.2) is 193 Å². The Balaban J connectivity index is 1.15. The molecule has 0 amide bonds. The van der Waals surface area contributed by atoms with E-state index in [0.29, 0.717) is 23.9 Å². The van der Waals surface area contributed by atoms with E-state index in [1.807, 2.05) is 85.1 Å². The second kappa shape index (κ2) is 13.6. The topological polar surface area (TPSA) is 69.6 Å². The molecule has 0 fully saturated rings. The molecule has 7 aromatic carbocycles. The smallest absolute Gasteiger partial charge is 0.163 e. The molecule has 0 aliphatic carbocycles. The van der Waals surface area contributed by atoms with Gasteiger partial charge in [0, 0.05) is 51.0 Å². The zero-order valence-corrected chi connectivity index (χ0v) is 30.7. The molecule has 57 heavy (non-hydrogen) atoms. The molecular formula is C51H33N5O. The third kappa shape index (κ3) is 5.74. The summed E-state index contributed by atoms with van der Waals surface area (Å²) in [7, 11) is 0. The maximum absolute atomic E-state index is 6.62. The lowest BCUT2D eigenvalue weighted by Gasteiger charge is -2.15. The van der Waals surface area contributed by atoms with Crippen LogP contribution in [0.3, 0.4) is 0 Å². The SMILES string of the molecule is c1ccc(-c2cccc(-c3cnc(-n4c5ccccc5c5c6oc7ccccc7c6ccc54)c(Cc4nc(-c5ccccc5)nc(-c5ccccc5)n4)c3)c2)cc1. The zero-order valence-electron chi connectivity index (χ0n) is 30.7. The van der Waals surface area contributed by atoms with Crippen LogP contribution < -0.4 is 0 Å². The molecule has 0 N–H and O–H groups in total. The molecule has 0 unspecified atom stereocenters. The highest BCUT2D eigenvalue weighted by Gasteiger charge is 2.22. The Hall–Kier alpha value is -7.70. The summed E-state index contributed by atoms with van der Waals surface area (Å²) in [5, 5.41) is 4.35. The lowest BCUT2D eigenvalue weighted by molar-refractivity contribution is 0.673. The third-order valence-corrected chi connectivity index (χ3v) is 10.7. The van der Waals surface area contributed by atoms with Gasteiger partial charge in [-0.2, -0.15) is 0 Å². The molecule has 4 aromatic heterocycles. The van der Waals surface area contributed by atoms with Crippen molar-refractivity contribution in [2.24, 2.45) is 0 Å². The molecule has 268 valence electrons. The van der Waals surface area contributed by atoms with Crippen molar-refractivity contribution in [1.82, 2.24) is 24.5 Å². The summed E-state index contributed by atoms with van der Waals surface area (Å²) in [6, 6.07) is 62.7. The summed E-state index contributed by atoms with van der Waals surface area (Å²) >= 11 is 0. The Morgan fingerprint density at radius 2 is 1.04 bits per heavy atom. The van der Waals surface area contributed by atoms with Crippen molar-refractivity contribution in [2.45, 2.75) is 6.42 Å². The molecule has 6 heteroatoms. The molecule has 0 saturated carbocycles. The van der Waals surface area contributed by atoms with E-state index >= 15 is 0 Å². The van der Waals surface area contributed by atoms with Gasteiger partial charge in [-0.15, -0.1) is 0 Å². The minimum absolute atomic E-state index is 0.414. The third-order valence-electron chi connectivity index (χ3n) is 10.7. The van der Waals surface area contributed by atoms with Crippen LogP contribution in [-0.2, 0) is 6.42 Å². The number of benzene rings is 7. The van der Waals surface area contributed by atoms with Crippen LogP contribution in [0.4, 0.5) is 0 Å². The predicted octanol–water partition coefficient (Wildman–Crippen LogP) is 12.5. The Labute approximate surface area is 328 Å². The first-order valence-electron chi connectivity index (χ1n) is 19.1. The van der Waals surface area contributed by atoms with E-state index in [1.54, 1.807) is 0 Å². The van der Waals surface area contributed by atoms with E-state index in [1.165, 1.54) is 5.56 Å². The Morgan fingerprint density at radius 3 is 1.75 bits per heavy atom. The van der Waals surface area contributed by atoms with Gasteiger partial charge in [0.2, 0.25) is 0 Å². The molecule has 0 radical (unpaired) electrons. The normalized spacial score (nSPS) is 11.6. The maximum atomic E-state index is 6.62. The van der Waals surface area contributed by atoms with Crippen molar-refractivity contribution in [3.8, 4) is 50.8 Å². The molecule has 0 aliphatic rings. The Morgan fingerprint density at radius 1 is 0.439 bits per heavy atom. The van der Waals surface area contributed by atoms with Gasteiger partial charge in [-0.1, -0.05) is 146 Å². The number of rotatable bonds is 7. The first kappa shape index (κ1) is 32.7. The van der Waals surface area contributed by atoms with Crippen molar-refractivity contribution >= 4 is 43.7 Å². The van der Waals surface area contributed by atoms with E-state index in [9.17, 15) is 0 Å². The Kier molecular flexibility index (Phi) is 7.78. The fourth-order valence-corrected chi connectivity index (χ4v) is 8.07. The monoisotopic (exact) mass is 731 g/mol. The average molecular weight is 732 g/mol. The van der Waals surface area contributed by atoms with Crippen molar-refractivity contribution in [1.29, 1.82) is 0 Å². The van der Waals surface area contributed by atoms with Crippen LogP contribution >= 0.6 is 0 Å². The molecule has 0 bridgehead atoms. The van der Waals surface area contributed by atoms with Crippen molar-refractivity contribution in [2.75, 3.05) is 0 Å². The van der Waals surface area contributed by atoms with E-state index in [4.69, 9.17) is 24.4 Å². The average Bonchev–Trinajstić information content (AvgIpc) is 3.83. The van der Waals surface area contributed by atoms with E-state index in [0.717, 1.165) is 82.9 Å². The van der Waals surface area contributed by atoms with Gasteiger partial charge in [0.25, 0.3) is 0 Å². The highest BCUT2D eigenvalue weighted by molar-refractivity contribution is 6.23. The van der Waals surface area contributed by atoms with Gasteiger partial charge in [0.1, 0.15) is 22.8 Å². The van der Waals surface area contributed by atoms with Gasteiger partial charge in [-0.05, 0) is 53.1 Å². The number of hydrogen-bond donors (Lipinski definition) is 0. The number of fused-ring (bicyclic) bond motifs is 7. The maximum Gasteiger partial charge on any atom is 0.163 e. The standard InChI is InChI=1S/C51H33N5O/c1-4-15-33(16-5-1)36-21-14-22-37(29-36)39-30-38(31-46-53-49(34-17-6-2-7-18-34)55-50(54-46)35-19-8-3-9-20-35)51(52-32-39)56-43-25-12-10-24-42(43)47-44(56)28-27-41-40-23-11-13-26-45(40)57-48(41)47/h1-30,32H,31H2.